The highest BCUT2D eigenvalue weighted by Crippen LogP contribution is 2.40. The van der Waals surface area contributed by atoms with Crippen molar-refractivity contribution in [3.63, 3.8) is 0 Å². The molecular formula is C29H36N4O3S. The Bertz CT molecular complexity index is 1150. The van der Waals surface area contributed by atoms with Crippen LogP contribution >= 0.6 is 11.9 Å². The van der Waals surface area contributed by atoms with Crippen LogP contribution < -0.4 is 10.0 Å². The maximum Gasteiger partial charge on any atom is 0.411 e. The minimum absolute atomic E-state index is 0.00769. The molecule has 0 unspecified atom stereocenters. The summed E-state index contributed by atoms with van der Waals surface area (Å²) in [5.74, 6) is -0.172. The number of nitrogens with zero attached hydrogens (tertiary/aromatic N) is 2. The van der Waals surface area contributed by atoms with Crippen LogP contribution in [0.25, 0.3) is 11.1 Å². The minimum Gasteiger partial charge on any atom is -0.444 e. The average molecular weight is 521 g/mol. The molecule has 2 aromatic carbocycles. The maximum absolute atomic E-state index is 13.4. The van der Waals surface area contributed by atoms with E-state index in [2.05, 4.69) is 28.2 Å². The molecule has 2 bridgehead atoms. The molecular weight excluding hydrogens is 484 g/mol. The molecule has 2 aromatic rings. The summed E-state index contributed by atoms with van der Waals surface area (Å²) in [7, 11) is 0. The second-order valence-corrected chi connectivity index (χ2v) is 11.5. The van der Waals surface area contributed by atoms with Gasteiger partial charge < -0.3 is 14.8 Å². The van der Waals surface area contributed by atoms with Gasteiger partial charge in [-0.05, 0) is 81.2 Å². The molecule has 2 aliphatic heterocycles. The van der Waals surface area contributed by atoms with Crippen LogP contribution in [0.15, 0.2) is 48.5 Å². The molecule has 2 heterocycles. The summed E-state index contributed by atoms with van der Waals surface area (Å²) >= 11 is 1.55. The smallest absolute Gasteiger partial charge is 0.411 e. The van der Waals surface area contributed by atoms with Crippen molar-refractivity contribution in [3.05, 3.63) is 54.1 Å². The van der Waals surface area contributed by atoms with Crippen LogP contribution in [0.5, 0.6) is 0 Å². The SMILES string of the molecule is CSNc1cccc(-c2ccc(C[C@@H](C#N)NC(=O)[C@@H]3C4CCC(CC4)N3C(=O)OC(C)(C)C)cc2)c1. The fourth-order valence-corrected chi connectivity index (χ4v) is 5.77. The van der Waals surface area contributed by atoms with Gasteiger partial charge in [0.2, 0.25) is 5.91 Å². The third-order valence-electron chi connectivity index (χ3n) is 7.04. The quantitative estimate of drug-likeness (QED) is 0.450. The normalized spacial score (nSPS) is 21.6. The van der Waals surface area contributed by atoms with Crippen LogP contribution in [0.3, 0.4) is 0 Å². The molecule has 1 aliphatic carbocycles. The standard InChI is InChI=1S/C29H36N4O3S/c1-29(2,3)36-28(35)33-25-14-12-21(13-15-25)26(33)27(34)31-24(18-30)16-19-8-10-20(11-9-19)22-6-5-7-23(17-22)32-37-4/h5-11,17,21,24-26,32H,12-16H2,1-4H3,(H,31,34)/t21?,24-,25?,26-/m0/s1. The Labute approximate surface area is 224 Å². The highest BCUT2D eigenvalue weighted by molar-refractivity contribution is 7.99. The number of carbonyl (C=O) groups is 2. The van der Waals surface area contributed by atoms with Crippen LogP contribution in [-0.2, 0) is 16.0 Å². The van der Waals surface area contributed by atoms with E-state index in [9.17, 15) is 14.9 Å². The average Bonchev–Trinajstić information content (AvgIpc) is 2.88. The number of nitriles is 1. The first-order chi connectivity index (χ1) is 17.7. The van der Waals surface area contributed by atoms with Gasteiger partial charge >= 0.3 is 6.09 Å². The lowest BCUT2D eigenvalue weighted by Gasteiger charge is -2.50. The van der Waals surface area contributed by atoms with Crippen LogP contribution in [0.1, 0.15) is 52.0 Å². The first-order valence-corrected chi connectivity index (χ1v) is 14.1. The van der Waals surface area contributed by atoms with E-state index in [0.717, 1.165) is 48.1 Å². The van der Waals surface area contributed by atoms with Gasteiger partial charge in [0.05, 0.1) is 6.07 Å². The third kappa shape index (κ3) is 6.58. The highest BCUT2D eigenvalue weighted by atomic mass is 32.2. The molecule has 7 nitrogen and oxygen atoms in total. The van der Waals surface area contributed by atoms with Crippen LogP contribution in [0.4, 0.5) is 10.5 Å². The summed E-state index contributed by atoms with van der Waals surface area (Å²) in [5.41, 5.74) is 3.55. The van der Waals surface area contributed by atoms with Crippen LogP contribution in [0.2, 0.25) is 0 Å². The topological polar surface area (TPSA) is 94.5 Å². The van der Waals surface area contributed by atoms with Crippen molar-refractivity contribution in [1.82, 2.24) is 10.2 Å². The molecule has 0 radical (unpaired) electrons. The van der Waals surface area contributed by atoms with Crippen molar-refractivity contribution >= 4 is 29.6 Å². The Morgan fingerprint density at radius 1 is 1.11 bits per heavy atom. The highest BCUT2D eigenvalue weighted by Gasteiger charge is 2.49. The predicted molar refractivity (Wildman–Crippen MR) is 148 cm³/mol. The summed E-state index contributed by atoms with van der Waals surface area (Å²) in [6.07, 6.45) is 5.53. The van der Waals surface area contributed by atoms with Crippen molar-refractivity contribution in [3.8, 4) is 17.2 Å². The number of carbonyl (C=O) groups excluding carboxylic acids is 2. The number of rotatable bonds is 7. The van der Waals surface area contributed by atoms with Gasteiger partial charge in [-0.1, -0.05) is 48.3 Å². The van der Waals surface area contributed by atoms with Crippen molar-refractivity contribution in [2.24, 2.45) is 5.92 Å². The van der Waals surface area contributed by atoms with Gasteiger partial charge in [-0.2, -0.15) is 5.26 Å². The second-order valence-electron chi connectivity index (χ2n) is 10.9. The number of fused-ring (bicyclic) bond motifs is 3. The van der Waals surface area contributed by atoms with Crippen molar-refractivity contribution < 1.29 is 14.3 Å². The predicted octanol–water partition coefficient (Wildman–Crippen LogP) is 5.77. The van der Waals surface area contributed by atoms with E-state index >= 15 is 0 Å². The summed E-state index contributed by atoms with van der Waals surface area (Å²) in [6, 6.07) is 17.2. The van der Waals surface area contributed by atoms with Gasteiger partial charge in [-0.3, -0.25) is 9.69 Å². The van der Waals surface area contributed by atoms with Crippen LogP contribution in [0, 0.1) is 17.2 Å². The molecule has 2 amide bonds. The first-order valence-electron chi connectivity index (χ1n) is 12.9. The number of hydrogen-bond acceptors (Lipinski definition) is 6. The number of nitrogens with one attached hydrogen (secondary N) is 2. The van der Waals surface area contributed by atoms with E-state index in [4.69, 9.17) is 4.74 Å². The Hall–Kier alpha value is -3.18. The molecule has 2 saturated heterocycles. The molecule has 3 aliphatic rings. The zero-order valence-corrected chi connectivity index (χ0v) is 22.8. The maximum atomic E-state index is 13.4. The van der Waals surface area contributed by atoms with E-state index < -0.39 is 23.8 Å². The van der Waals surface area contributed by atoms with E-state index in [-0.39, 0.29) is 17.9 Å². The third-order valence-corrected chi connectivity index (χ3v) is 7.48. The molecule has 196 valence electrons. The van der Waals surface area contributed by atoms with E-state index in [1.165, 1.54) is 0 Å². The van der Waals surface area contributed by atoms with Gasteiger partial charge in [0.15, 0.2) is 0 Å². The van der Waals surface area contributed by atoms with E-state index in [1.54, 1.807) is 16.8 Å². The number of ether oxygens (including phenoxy) is 1. The molecule has 2 atom stereocenters. The molecule has 5 rings (SSSR count). The Balaban J connectivity index is 1.43. The Morgan fingerprint density at radius 2 is 1.81 bits per heavy atom. The number of benzene rings is 2. The summed E-state index contributed by atoms with van der Waals surface area (Å²) < 4.78 is 8.89. The largest absolute Gasteiger partial charge is 0.444 e. The number of amides is 2. The molecule has 3 fully saturated rings. The molecule has 1 saturated carbocycles. The summed E-state index contributed by atoms with van der Waals surface area (Å²) in [6.45, 7) is 5.49. The summed E-state index contributed by atoms with van der Waals surface area (Å²) in [5, 5.41) is 12.8. The molecule has 2 N–H and O–H groups in total. The van der Waals surface area contributed by atoms with Gasteiger partial charge in [-0.15, -0.1) is 0 Å². The summed E-state index contributed by atoms with van der Waals surface area (Å²) in [4.78, 5) is 28.1. The van der Waals surface area contributed by atoms with E-state index in [1.807, 2.05) is 63.4 Å². The fourth-order valence-electron chi connectivity index (χ4n) is 5.40. The van der Waals surface area contributed by atoms with Crippen molar-refractivity contribution in [2.45, 2.75) is 76.6 Å². The number of piperidine rings is 2. The fraction of sp³-hybridized carbons (Fsp3) is 0.483. The van der Waals surface area contributed by atoms with Crippen molar-refractivity contribution in [1.29, 1.82) is 5.26 Å². The van der Waals surface area contributed by atoms with Gasteiger partial charge in [0.1, 0.15) is 17.7 Å². The zero-order valence-electron chi connectivity index (χ0n) is 22.0. The van der Waals surface area contributed by atoms with Crippen molar-refractivity contribution in [2.75, 3.05) is 11.0 Å². The molecule has 0 spiro atoms. The molecule has 37 heavy (non-hydrogen) atoms. The lowest BCUT2D eigenvalue weighted by Crippen LogP contribution is -2.64. The van der Waals surface area contributed by atoms with Crippen LogP contribution in [-0.4, -0.2) is 46.9 Å². The number of hydrogen-bond donors (Lipinski definition) is 2. The molecule has 8 heteroatoms. The number of anilines is 1. The van der Waals surface area contributed by atoms with Gasteiger partial charge in [-0.25, -0.2) is 4.79 Å². The zero-order chi connectivity index (χ0) is 26.6. The van der Waals surface area contributed by atoms with E-state index in [0.29, 0.717) is 6.42 Å². The molecule has 0 aromatic heterocycles. The van der Waals surface area contributed by atoms with Gasteiger partial charge in [0.25, 0.3) is 0 Å². The second kappa shape index (κ2) is 11.5. The monoisotopic (exact) mass is 520 g/mol. The first kappa shape index (κ1) is 26.9. The lowest BCUT2D eigenvalue weighted by molar-refractivity contribution is -0.135. The minimum atomic E-state index is -0.687. The Kier molecular flexibility index (Phi) is 8.33. The Morgan fingerprint density at radius 3 is 2.43 bits per heavy atom. The lowest BCUT2D eigenvalue weighted by atomic mass is 9.74. The van der Waals surface area contributed by atoms with Gasteiger partial charge in [0, 0.05) is 24.4 Å².